The van der Waals surface area contributed by atoms with Crippen LogP contribution in [0.4, 0.5) is 18.9 Å². The van der Waals surface area contributed by atoms with Gasteiger partial charge in [-0.25, -0.2) is 0 Å². The normalized spacial score (nSPS) is 13.2. The van der Waals surface area contributed by atoms with Gasteiger partial charge in [0, 0.05) is 24.6 Å². The van der Waals surface area contributed by atoms with Crippen LogP contribution in [0.1, 0.15) is 28.7 Å². The van der Waals surface area contributed by atoms with Crippen molar-refractivity contribution in [3.05, 3.63) is 101 Å². The van der Waals surface area contributed by atoms with Gasteiger partial charge in [0.15, 0.2) is 0 Å². The van der Waals surface area contributed by atoms with E-state index in [2.05, 4.69) is 4.99 Å². The van der Waals surface area contributed by atoms with Gasteiger partial charge in [-0.1, -0.05) is 66.7 Å². The van der Waals surface area contributed by atoms with E-state index in [1.165, 1.54) is 12.1 Å². The monoisotopic (exact) mass is 467 g/mol. The van der Waals surface area contributed by atoms with Crippen LogP contribution in [0.3, 0.4) is 0 Å². The average Bonchev–Trinajstić information content (AvgIpc) is 2.95. The Labute approximate surface area is 195 Å². The molecular formula is C26H24F3N3O2. The fourth-order valence-electron chi connectivity index (χ4n) is 3.45. The summed E-state index contributed by atoms with van der Waals surface area (Å²) in [6.45, 7) is 0.190. The molecule has 0 aromatic heterocycles. The maximum absolute atomic E-state index is 12.3. The summed E-state index contributed by atoms with van der Waals surface area (Å²) in [4.78, 5) is 28.6. The number of aliphatic imine (C=N–C) groups is 1. The van der Waals surface area contributed by atoms with Crippen LogP contribution in [-0.4, -0.2) is 31.1 Å². The van der Waals surface area contributed by atoms with Crippen LogP contribution < -0.4 is 10.6 Å². The number of aryl methyl sites for hydroxylation is 1. The summed E-state index contributed by atoms with van der Waals surface area (Å²) >= 11 is 0. The number of carbonyl (C=O) groups excluding carboxylic acids is 2. The number of primary amides is 1. The van der Waals surface area contributed by atoms with E-state index in [4.69, 9.17) is 5.73 Å². The Hall–Kier alpha value is -3.94. The topological polar surface area (TPSA) is 75.8 Å². The van der Waals surface area contributed by atoms with Crippen molar-refractivity contribution in [1.82, 2.24) is 0 Å². The summed E-state index contributed by atoms with van der Waals surface area (Å²) in [5.41, 5.74) is 8.50. The number of benzene rings is 3. The van der Waals surface area contributed by atoms with Crippen molar-refractivity contribution < 1.29 is 22.8 Å². The number of nitrogens with two attached hydrogens (primary N) is 1. The van der Waals surface area contributed by atoms with Crippen LogP contribution in [0.25, 0.3) is 0 Å². The molecule has 5 nitrogen and oxygen atoms in total. The summed E-state index contributed by atoms with van der Waals surface area (Å²) in [6.07, 6.45) is -4.05. The van der Waals surface area contributed by atoms with Crippen molar-refractivity contribution in [3.63, 3.8) is 0 Å². The number of alkyl halides is 3. The zero-order chi connectivity index (χ0) is 24.7. The Bertz CT molecular complexity index is 1190. The molecule has 1 heterocycles. The Morgan fingerprint density at radius 2 is 1.68 bits per heavy atom. The number of likely N-dealkylation sites (N-methyl/N-ethyl adjacent to an activating group) is 1. The molecule has 1 aliphatic heterocycles. The number of halogens is 3. The van der Waals surface area contributed by atoms with E-state index in [0.717, 1.165) is 34.7 Å². The van der Waals surface area contributed by atoms with E-state index in [-0.39, 0.29) is 25.3 Å². The van der Waals surface area contributed by atoms with Crippen molar-refractivity contribution in [2.75, 3.05) is 18.5 Å². The molecule has 4 rings (SSSR count). The maximum atomic E-state index is 12.3. The fourth-order valence-corrected chi connectivity index (χ4v) is 3.45. The third-order valence-corrected chi connectivity index (χ3v) is 5.23. The Balaban J connectivity index is 0.000000197. The maximum Gasteiger partial charge on any atom is 0.416 e. The minimum Gasteiger partial charge on any atom is -0.370 e. The zero-order valence-corrected chi connectivity index (χ0v) is 18.5. The SMILES string of the molecule is CN1C(=O)CN=C(c2ccccc2)c2ccccc21.NC(=O)CCc1cccc(C(F)(F)F)c1. The molecule has 2 N–H and O–H groups in total. The number of hydrogen-bond acceptors (Lipinski definition) is 3. The minimum absolute atomic E-state index is 0.0124. The number of benzodiazepines with no additional fused rings is 1. The molecule has 34 heavy (non-hydrogen) atoms. The molecule has 176 valence electrons. The third kappa shape index (κ3) is 6.31. The van der Waals surface area contributed by atoms with E-state index < -0.39 is 17.6 Å². The predicted molar refractivity (Wildman–Crippen MR) is 126 cm³/mol. The van der Waals surface area contributed by atoms with Crippen molar-refractivity contribution in [3.8, 4) is 0 Å². The summed E-state index contributed by atoms with van der Waals surface area (Å²) in [5, 5.41) is 0. The summed E-state index contributed by atoms with van der Waals surface area (Å²) < 4.78 is 36.8. The molecule has 0 bridgehead atoms. The zero-order valence-electron chi connectivity index (χ0n) is 18.5. The molecule has 0 spiro atoms. The molecule has 0 saturated heterocycles. The molecule has 1 aliphatic rings. The first-order valence-electron chi connectivity index (χ1n) is 10.6. The Morgan fingerprint density at radius 3 is 2.35 bits per heavy atom. The standard InChI is InChI=1S/C16H14N2O.C10H10F3NO/c1-18-14-10-6-5-9-13(14)16(17-11-15(18)19)12-7-3-2-4-8-12;11-10(12,13)8-3-1-2-7(6-8)4-5-9(14)15/h2-10H,11H2,1H3;1-3,6H,4-5H2,(H2,14,15). The number of para-hydroxylation sites is 1. The van der Waals surface area contributed by atoms with Gasteiger partial charge in [0.25, 0.3) is 0 Å². The van der Waals surface area contributed by atoms with Gasteiger partial charge in [-0.3, -0.25) is 14.6 Å². The van der Waals surface area contributed by atoms with E-state index in [1.807, 2.05) is 54.6 Å². The highest BCUT2D eigenvalue weighted by Gasteiger charge is 2.30. The van der Waals surface area contributed by atoms with Crippen LogP contribution in [-0.2, 0) is 22.2 Å². The van der Waals surface area contributed by atoms with Crippen molar-refractivity contribution >= 4 is 23.2 Å². The van der Waals surface area contributed by atoms with Crippen molar-refractivity contribution in [1.29, 1.82) is 0 Å². The van der Waals surface area contributed by atoms with Gasteiger partial charge in [-0.15, -0.1) is 0 Å². The first kappa shape index (κ1) is 24.7. The lowest BCUT2D eigenvalue weighted by Crippen LogP contribution is -2.27. The van der Waals surface area contributed by atoms with Gasteiger partial charge >= 0.3 is 6.18 Å². The van der Waals surface area contributed by atoms with Gasteiger partial charge in [0.1, 0.15) is 6.54 Å². The van der Waals surface area contributed by atoms with Crippen LogP contribution >= 0.6 is 0 Å². The second-order valence-electron chi connectivity index (χ2n) is 7.67. The van der Waals surface area contributed by atoms with Gasteiger partial charge in [0.2, 0.25) is 11.8 Å². The number of fused-ring (bicyclic) bond motifs is 1. The number of hydrogen-bond donors (Lipinski definition) is 1. The van der Waals surface area contributed by atoms with Gasteiger partial charge in [-0.05, 0) is 24.1 Å². The van der Waals surface area contributed by atoms with Gasteiger partial charge in [0.05, 0.1) is 17.0 Å². The summed E-state index contributed by atoms with van der Waals surface area (Å²) in [5.74, 6) is -0.509. The molecule has 0 aliphatic carbocycles. The van der Waals surface area contributed by atoms with E-state index >= 15 is 0 Å². The molecule has 8 heteroatoms. The van der Waals surface area contributed by atoms with E-state index in [1.54, 1.807) is 11.9 Å². The quantitative estimate of drug-likeness (QED) is 0.608. The Kier molecular flexibility index (Phi) is 7.83. The number of rotatable bonds is 4. The minimum atomic E-state index is -4.34. The molecular weight excluding hydrogens is 443 g/mol. The van der Waals surface area contributed by atoms with Crippen LogP contribution in [0.5, 0.6) is 0 Å². The molecule has 0 fully saturated rings. The second kappa shape index (κ2) is 10.8. The van der Waals surface area contributed by atoms with E-state index in [0.29, 0.717) is 5.56 Å². The lowest BCUT2D eigenvalue weighted by Gasteiger charge is -2.17. The molecule has 0 atom stereocenters. The molecule has 0 radical (unpaired) electrons. The van der Waals surface area contributed by atoms with Crippen molar-refractivity contribution in [2.45, 2.75) is 19.0 Å². The largest absolute Gasteiger partial charge is 0.416 e. The lowest BCUT2D eigenvalue weighted by atomic mass is 10.0. The number of carbonyl (C=O) groups is 2. The van der Waals surface area contributed by atoms with Gasteiger partial charge < -0.3 is 10.6 Å². The van der Waals surface area contributed by atoms with Crippen LogP contribution in [0, 0.1) is 0 Å². The summed E-state index contributed by atoms with van der Waals surface area (Å²) in [7, 11) is 1.80. The van der Waals surface area contributed by atoms with Crippen LogP contribution in [0.15, 0.2) is 83.9 Å². The second-order valence-corrected chi connectivity index (χ2v) is 7.67. The molecule has 3 aromatic carbocycles. The molecule has 0 saturated carbocycles. The fraction of sp³-hybridized carbons (Fsp3) is 0.192. The number of nitrogens with zero attached hydrogens (tertiary/aromatic N) is 2. The number of anilines is 1. The van der Waals surface area contributed by atoms with Gasteiger partial charge in [-0.2, -0.15) is 13.2 Å². The highest BCUT2D eigenvalue weighted by atomic mass is 19.4. The highest BCUT2D eigenvalue weighted by molar-refractivity contribution is 6.19. The van der Waals surface area contributed by atoms with E-state index in [9.17, 15) is 22.8 Å². The third-order valence-electron chi connectivity index (χ3n) is 5.23. The summed E-state index contributed by atoms with van der Waals surface area (Å²) in [6, 6.07) is 22.7. The first-order chi connectivity index (χ1) is 16.2. The number of amides is 2. The highest BCUT2D eigenvalue weighted by Crippen LogP contribution is 2.29. The van der Waals surface area contributed by atoms with Crippen LogP contribution in [0.2, 0.25) is 0 Å². The molecule has 2 amide bonds. The average molecular weight is 467 g/mol. The molecule has 3 aromatic rings. The predicted octanol–water partition coefficient (Wildman–Crippen LogP) is 4.62. The van der Waals surface area contributed by atoms with Crippen molar-refractivity contribution in [2.24, 2.45) is 10.7 Å². The lowest BCUT2D eigenvalue weighted by molar-refractivity contribution is -0.137. The molecule has 0 unspecified atom stereocenters. The Morgan fingerprint density at radius 1 is 1.00 bits per heavy atom. The smallest absolute Gasteiger partial charge is 0.370 e. The first-order valence-corrected chi connectivity index (χ1v) is 10.6.